The highest BCUT2D eigenvalue weighted by Gasteiger charge is 2.40. The SMILES string of the molecule is Nc1nnc(-c2ccccc2)cc1N1CCN(C(=O)CCCCCCC(=O)Nc2cccc3c2CN(C2CCC(=O)NC2=O)C3=O)CC1. The Morgan fingerprint density at radius 1 is 0.896 bits per heavy atom. The zero-order valence-electron chi connectivity index (χ0n) is 26.8. The van der Waals surface area contributed by atoms with Gasteiger partial charge in [-0.3, -0.25) is 29.3 Å². The molecule has 1 aromatic heterocycles. The number of hydrogen-bond donors (Lipinski definition) is 3. The van der Waals surface area contributed by atoms with Crippen molar-refractivity contribution in [2.75, 3.05) is 42.1 Å². The Morgan fingerprint density at radius 3 is 2.40 bits per heavy atom. The standard InChI is InChI=1S/C35H40N8O5/c36-33-29(21-27(39-40-33)23-9-4-3-5-10-23)41-17-19-42(20-18-41)32(46)14-7-2-1-6-13-30(44)37-26-12-8-11-24-25(26)22-43(35(24)48)28-15-16-31(45)38-34(28)47/h3-5,8-12,21,28H,1-2,6-7,13-20,22H2,(H2,36,40)(H,37,44)(H,38,45,47). The molecule has 6 rings (SSSR count). The Balaban J connectivity index is 0.895. The van der Waals surface area contributed by atoms with Gasteiger partial charge in [-0.15, -0.1) is 10.2 Å². The molecule has 0 spiro atoms. The van der Waals surface area contributed by atoms with Crippen molar-refractivity contribution in [2.45, 2.75) is 64.0 Å². The van der Waals surface area contributed by atoms with Crippen LogP contribution in [0, 0.1) is 0 Å². The maximum atomic E-state index is 13.0. The lowest BCUT2D eigenvalue weighted by Crippen LogP contribution is -2.52. The van der Waals surface area contributed by atoms with Crippen molar-refractivity contribution in [3.05, 3.63) is 65.7 Å². The number of amides is 5. The van der Waals surface area contributed by atoms with Gasteiger partial charge >= 0.3 is 0 Å². The summed E-state index contributed by atoms with van der Waals surface area (Å²) in [6, 6.07) is 16.2. The molecule has 1 unspecified atom stereocenters. The number of unbranched alkanes of at least 4 members (excludes halogenated alkanes) is 3. The van der Waals surface area contributed by atoms with Crippen LogP contribution in [0.2, 0.25) is 0 Å². The normalized spacial score (nSPS) is 17.7. The van der Waals surface area contributed by atoms with Crippen LogP contribution in [0.4, 0.5) is 17.2 Å². The second-order valence-corrected chi connectivity index (χ2v) is 12.4. The molecule has 0 aliphatic carbocycles. The van der Waals surface area contributed by atoms with Crippen LogP contribution < -0.4 is 21.3 Å². The van der Waals surface area contributed by atoms with Crippen LogP contribution in [-0.4, -0.2) is 81.8 Å². The van der Waals surface area contributed by atoms with Gasteiger partial charge in [-0.05, 0) is 37.5 Å². The van der Waals surface area contributed by atoms with Crippen molar-refractivity contribution in [3.63, 3.8) is 0 Å². The van der Waals surface area contributed by atoms with Crippen LogP contribution in [0.15, 0.2) is 54.6 Å². The number of nitrogen functional groups attached to an aromatic ring is 1. The van der Waals surface area contributed by atoms with Crippen molar-refractivity contribution < 1.29 is 24.0 Å². The first-order valence-electron chi connectivity index (χ1n) is 16.6. The molecule has 0 saturated carbocycles. The monoisotopic (exact) mass is 652 g/mol. The molecule has 3 aliphatic rings. The summed E-state index contributed by atoms with van der Waals surface area (Å²) >= 11 is 0. The van der Waals surface area contributed by atoms with Gasteiger partial charge in [0.15, 0.2) is 5.82 Å². The quantitative estimate of drug-likeness (QED) is 0.208. The number of carbonyl (C=O) groups excluding carboxylic acids is 5. The fourth-order valence-corrected chi connectivity index (χ4v) is 6.58. The minimum atomic E-state index is -0.708. The first-order chi connectivity index (χ1) is 23.3. The Bertz CT molecular complexity index is 1710. The van der Waals surface area contributed by atoms with E-state index in [9.17, 15) is 24.0 Å². The van der Waals surface area contributed by atoms with Crippen molar-refractivity contribution in [2.24, 2.45) is 0 Å². The number of imide groups is 1. The second-order valence-electron chi connectivity index (χ2n) is 12.4. The van der Waals surface area contributed by atoms with E-state index in [1.165, 1.54) is 4.90 Å². The first-order valence-corrected chi connectivity index (χ1v) is 16.6. The number of benzene rings is 2. The molecule has 4 N–H and O–H groups in total. The molecular formula is C35H40N8O5. The molecule has 13 nitrogen and oxygen atoms in total. The number of aromatic nitrogens is 2. The maximum Gasteiger partial charge on any atom is 0.255 e. The van der Waals surface area contributed by atoms with Gasteiger partial charge in [0.05, 0.1) is 11.4 Å². The van der Waals surface area contributed by atoms with Gasteiger partial charge in [0.2, 0.25) is 23.6 Å². The third-order valence-corrected chi connectivity index (χ3v) is 9.24. The number of piperazine rings is 1. The number of nitrogens with zero attached hydrogens (tertiary/aromatic N) is 5. The molecule has 4 heterocycles. The first kappa shape index (κ1) is 32.6. The van der Waals surface area contributed by atoms with Crippen molar-refractivity contribution in [1.82, 2.24) is 25.3 Å². The number of nitrogens with one attached hydrogen (secondary N) is 2. The molecule has 250 valence electrons. The topological polar surface area (TPSA) is 171 Å². The number of hydrogen-bond acceptors (Lipinski definition) is 9. The Kier molecular flexibility index (Phi) is 9.93. The minimum Gasteiger partial charge on any atom is -0.380 e. The fraction of sp³-hybridized carbons (Fsp3) is 0.400. The lowest BCUT2D eigenvalue weighted by Gasteiger charge is -2.36. The van der Waals surface area contributed by atoms with Crippen LogP contribution in [-0.2, 0) is 25.7 Å². The summed E-state index contributed by atoms with van der Waals surface area (Å²) in [4.78, 5) is 68.1. The number of anilines is 3. The van der Waals surface area contributed by atoms with Crippen molar-refractivity contribution in [1.29, 1.82) is 0 Å². The van der Waals surface area contributed by atoms with Gasteiger partial charge < -0.3 is 25.8 Å². The molecule has 48 heavy (non-hydrogen) atoms. The average Bonchev–Trinajstić information content (AvgIpc) is 3.43. The van der Waals surface area contributed by atoms with E-state index < -0.39 is 11.9 Å². The van der Waals surface area contributed by atoms with Crippen molar-refractivity contribution >= 4 is 46.7 Å². The van der Waals surface area contributed by atoms with Crippen LogP contribution in [0.1, 0.15) is 67.3 Å². The Labute approximate surface area is 278 Å². The molecule has 13 heteroatoms. The van der Waals surface area contributed by atoms with E-state index in [2.05, 4.69) is 25.7 Å². The third kappa shape index (κ3) is 7.29. The lowest BCUT2D eigenvalue weighted by molar-refractivity contribution is -0.137. The smallest absolute Gasteiger partial charge is 0.255 e. The lowest BCUT2D eigenvalue weighted by atomic mass is 10.0. The van der Waals surface area contributed by atoms with E-state index in [0.29, 0.717) is 68.1 Å². The highest BCUT2D eigenvalue weighted by Crippen LogP contribution is 2.32. The molecule has 5 amide bonds. The molecular weight excluding hydrogens is 612 g/mol. The number of nitrogens with two attached hydrogens (primary N) is 1. The molecule has 1 atom stereocenters. The Morgan fingerprint density at radius 2 is 1.65 bits per heavy atom. The second kappa shape index (κ2) is 14.6. The number of piperidine rings is 1. The molecule has 2 fully saturated rings. The fourth-order valence-electron chi connectivity index (χ4n) is 6.58. The highest BCUT2D eigenvalue weighted by molar-refractivity contribution is 6.06. The average molecular weight is 653 g/mol. The number of fused-ring (bicyclic) bond motifs is 1. The van der Waals surface area contributed by atoms with Gasteiger partial charge in [-0.25, -0.2) is 0 Å². The van der Waals surface area contributed by atoms with E-state index in [1.54, 1.807) is 18.2 Å². The molecule has 0 radical (unpaired) electrons. The number of carbonyl (C=O) groups is 5. The zero-order chi connectivity index (χ0) is 33.6. The molecule has 0 bridgehead atoms. The third-order valence-electron chi connectivity index (χ3n) is 9.24. The molecule has 2 saturated heterocycles. The van der Waals surface area contributed by atoms with Crippen LogP contribution in [0.3, 0.4) is 0 Å². The summed E-state index contributed by atoms with van der Waals surface area (Å²) in [6.45, 7) is 2.75. The van der Waals surface area contributed by atoms with Gasteiger partial charge in [0.25, 0.3) is 5.91 Å². The zero-order valence-corrected chi connectivity index (χ0v) is 26.8. The van der Waals surface area contributed by atoms with E-state index >= 15 is 0 Å². The van der Waals surface area contributed by atoms with Crippen molar-refractivity contribution in [3.8, 4) is 11.3 Å². The number of rotatable bonds is 11. The Hall–Kier alpha value is -5.33. The van der Waals surface area contributed by atoms with E-state index in [0.717, 1.165) is 36.2 Å². The van der Waals surface area contributed by atoms with E-state index in [1.807, 2.05) is 41.3 Å². The summed E-state index contributed by atoms with van der Waals surface area (Å²) in [6.07, 6.45) is 4.36. The highest BCUT2D eigenvalue weighted by atomic mass is 16.2. The van der Waals surface area contributed by atoms with Crippen LogP contribution in [0.25, 0.3) is 11.3 Å². The summed E-state index contributed by atoms with van der Waals surface area (Å²) < 4.78 is 0. The maximum absolute atomic E-state index is 13.0. The van der Waals surface area contributed by atoms with Gasteiger partial charge in [-0.1, -0.05) is 49.2 Å². The predicted molar refractivity (Wildman–Crippen MR) is 179 cm³/mol. The van der Waals surface area contributed by atoms with Gasteiger partial charge in [-0.2, -0.15) is 0 Å². The molecule has 2 aromatic carbocycles. The molecule has 3 aliphatic heterocycles. The summed E-state index contributed by atoms with van der Waals surface area (Å²) in [5.74, 6) is -0.715. The van der Waals surface area contributed by atoms with Crippen LogP contribution in [0.5, 0.6) is 0 Å². The predicted octanol–water partition coefficient (Wildman–Crippen LogP) is 3.11. The summed E-state index contributed by atoms with van der Waals surface area (Å²) in [5, 5.41) is 13.7. The van der Waals surface area contributed by atoms with Gasteiger partial charge in [0, 0.05) is 74.4 Å². The minimum absolute atomic E-state index is 0.136. The molecule has 3 aromatic rings. The summed E-state index contributed by atoms with van der Waals surface area (Å²) in [7, 11) is 0. The van der Waals surface area contributed by atoms with E-state index in [4.69, 9.17) is 5.73 Å². The largest absolute Gasteiger partial charge is 0.380 e. The van der Waals surface area contributed by atoms with E-state index in [-0.39, 0.29) is 43.0 Å². The van der Waals surface area contributed by atoms with Gasteiger partial charge in [0.1, 0.15) is 6.04 Å². The van der Waals surface area contributed by atoms with Crippen LogP contribution >= 0.6 is 0 Å². The summed E-state index contributed by atoms with van der Waals surface area (Å²) in [5.41, 5.74) is 10.4.